The van der Waals surface area contributed by atoms with E-state index in [0.29, 0.717) is 25.7 Å². The number of amides is 1. The molecule has 210 valence electrons. The first-order valence-electron chi connectivity index (χ1n) is 13.3. The fourth-order valence-electron chi connectivity index (χ4n) is 5.19. The summed E-state index contributed by atoms with van der Waals surface area (Å²) < 4.78 is 5.76. The maximum Gasteiger partial charge on any atom is 0.407 e. The third-order valence-corrected chi connectivity index (χ3v) is 9.03. The van der Waals surface area contributed by atoms with Crippen molar-refractivity contribution in [3.8, 4) is 22.3 Å². The van der Waals surface area contributed by atoms with Gasteiger partial charge in [-0.3, -0.25) is 0 Å². The first-order valence-corrected chi connectivity index (χ1v) is 14.8. The highest BCUT2D eigenvalue weighted by Gasteiger charge is 2.29. The molecule has 0 spiro atoms. The van der Waals surface area contributed by atoms with Crippen molar-refractivity contribution in [2.75, 3.05) is 6.61 Å². The van der Waals surface area contributed by atoms with Gasteiger partial charge < -0.3 is 15.2 Å². The molecule has 0 bridgehead atoms. The van der Waals surface area contributed by atoms with Gasteiger partial charge in [0.05, 0.1) is 11.6 Å². The van der Waals surface area contributed by atoms with Crippen LogP contribution >= 0.6 is 35.0 Å². The lowest BCUT2D eigenvalue weighted by Gasteiger charge is -2.17. The Kier molecular flexibility index (Phi) is 8.44. The lowest BCUT2D eigenvalue weighted by atomic mass is 9.98. The third-order valence-electron chi connectivity index (χ3n) is 7.17. The predicted molar refractivity (Wildman–Crippen MR) is 166 cm³/mol. The fraction of sp³-hybridized carbons (Fsp3) is 0.121. The van der Waals surface area contributed by atoms with Crippen LogP contribution < -0.4 is 5.32 Å². The van der Waals surface area contributed by atoms with Crippen LogP contribution in [0, 0.1) is 0 Å². The van der Waals surface area contributed by atoms with Gasteiger partial charge in [-0.2, -0.15) is 0 Å². The molecule has 2 aromatic heterocycles. The predicted octanol–water partition coefficient (Wildman–Crippen LogP) is 8.13. The van der Waals surface area contributed by atoms with E-state index in [4.69, 9.17) is 27.9 Å². The monoisotopic (exact) mass is 613 g/mol. The summed E-state index contributed by atoms with van der Waals surface area (Å²) >= 11 is 14.3. The van der Waals surface area contributed by atoms with Gasteiger partial charge in [-0.05, 0) is 69.3 Å². The van der Waals surface area contributed by atoms with Gasteiger partial charge in [0.15, 0.2) is 0 Å². The van der Waals surface area contributed by atoms with E-state index in [2.05, 4.69) is 39.6 Å². The molecule has 0 unspecified atom stereocenters. The smallest absolute Gasteiger partial charge is 0.407 e. The molecule has 3 aromatic carbocycles. The summed E-state index contributed by atoms with van der Waals surface area (Å²) in [7, 11) is 0. The van der Waals surface area contributed by atoms with Gasteiger partial charge in [0, 0.05) is 35.3 Å². The lowest BCUT2D eigenvalue weighted by Crippen LogP contribution is -2.26. The van der Waals surface area contributed by atoms with Crippen LogP contribution in [0.5, 0.6) is 0 Å². The van der Waals surface area contributed by atoms with E-state index in [9.17, 15) is 9.90 Å². The average Bonchev–Trinajstić information content (AvgIpc) is 3.34. The molecule has 42 heavy (non-hydrogen) atoms. The number of aromatic nitrogens is 2. The molecule has 6 rings (SSSR count). The van der Waals surface area contributed by atoms with Crippen LogP contribution in [-0.2, 0) is 17.9 Å². The van der Waals surface area contributed by atoms with Crippen LogP contribution in [0.2, 0.25) is 10.2 Å². The SMILES string of the molecule is O=C(NCc1cc(-c2ccnc(Cl)c2)cc(Cl)c1Sc1ncccc1CO)OCC1c2ccccc2-c2ccccc21. The topological polar surface area (TPSA) is 84.3 Å². The summed E-state index contributed by atoms with van der Waals surface area (Å²) in [5.41, 5.74) is 7.74. The summed E-state index contributed by atoms with van der Waals surface area (Å²) in [5.74, 6) is -0.0375. The normalized spacial score (nSPS) is 12.1. The molecular weight excluding hydrogens is 589 g/mol. The lowest BCUT2D eigenvalue weighted by molar-refractivity contribution is 0.142. The number of alkyl carbamates (subject to hydrolysis) is 1. The minimum absolute atomic E-state index is 0.0375. The second kappa shape index (κ2) is 12.5. The van der Waals surface area contributed by atoms with Crippen molar-refractivity contribution in [2.24, 2.45) is 0 Å². The number of nitrogens with zero attached hydrogens (tertiary/aromatic N) is 2. The van der Waals surface area contributed by atoms with Gasteiger partial charge in [-0.15, -0.1) is 0 Å². The van der Waals surface area contributed by atoms with Crippen molar-refractivity contribution in [3.05, 3.63) is 130 Å². The minimum Gasteiger partial charge on any atom is -0.449 e. The number of rotatable bonds is 8. The quantitative estimate of drug-likeness (QED) is 0.172. The molecule has 0 saturated heterocycles. The highest BCUT2D eigenvalue weighted by atomic mass is 35.5. The maximum atomic E-state index is 13.0. The standard InChI is InChI=1S/C33H25Cl2N3O3S/c34-29-15-22(20-11-13-36-30(35)16-20)14-23(31(29)42-32-21(18-39)6-5-12-37-32)17-38-33(40)41-19-28-26-9-3-1-7-24(26)25-8-2-4-10-27(25)28/h1-16,28,39H,17-19H2,(H,38,40). The van der Waals surface area contributed by atoms with Crippen LogP contribution in [-0.4, -0.2) is 27.8 Å². The number of aliphatic hydroxyl groups is 1. The Bertz CT molecular complexity index is 1740. The summed E-state index contributed by atoms with van der Waals surface area (Å²) in [4.78, 5) is 22.2. The molecule has 1 aliphatic carbocycles. The molecule has 6 nitrogen and oxygen atoms in total. The van der Waals surface area contributed by atoms with Crippen molar-refractivity contribution < 1.29 is 14.6 Å². The molecule has 2 heterocycles. The number of aliphatic hydroxyl groups excluding tert-OH is 1. The van der Waals surface area contributed by atoms with Crippen LogP contribution in [0.4, 0.5) is 4.79 Å². The van der Waals surface area contributed by atoms with Gasteiger partial charge in [-0.1, -0.05) is 89.6 Å². The van der Waals surface area contributed by atoms with Crippen molar-refractivity contribution >= 4 is 41.1 Å². The van der Waals surface area contributed by atoms with Crippen molar-refractivity contribution in [1.29, 1.82) is 0 Å². The Hall–Kier alpha value is -3.88. The van der Waals surface area contributed by atoms with Crippen LogP contribution in [0.25, 0.3) is 22.3 Å². The molecule has 0 radical (unpaired) electrons. The third kappa shape index (κ3) is 5.87. The molecular formula is C33H25Cl2N3O3S. The number of hydrogen-bond acceptors (Lipinski definition) is 6. The Morgan fingerprint density at radius 2 is 1.60 bits per heavy atom. The molecule has 5 aromatic rings. The van der Waals surface area contributed by atoms with E-state index in [1.165, 1.54) is 22.9 Å². The van der Waals surface area contributed by atoms with Crippen LogP contribution in [0.3, 0.4) is 0 Å². The molecule has 9 heteroatoms. The van der Waals surface area contributed by atoms with Crippen molar-refractivity contribution in [3.63, 3.8) is 0 Å². The minimum atomic E-state index is -0.532. The number of hydrogen-bond donors (Lipinski definition) is 2. The number of ether oxygens (including phenoxy) is 1. The first kappa shape index (κ1) is 28.2. The fourth-order valence-corrected chi connectivity index (χ4v) is 6.71. The van der Waals surface area contributed by atoms with E-state index in [0.717, 1.165) is 27.8 Å². The van der Waals surface area contributed by atoms with E-state index >= 15 is 0 Å². The highest BCUT2D eigenvalue weighted by molar-refractivity contribution is 7.99. The molecule has 1 amide bonds. The Labute approximate surface area is 257 Å². The zero-order valence-electron chi connectivity index (χ0n) is 22.3. The number of benzene rings is 3. The number of carbonyl (C=O) groups excluding carboxylic acids is 1. The van der Waals surface area contributed by atoms with E-state index < -0.39 is 6.09 Å². The summed E-state index contributed by atoms with van der Waals surface area (Å²) in [6.45, 7) is 0.215. The van der Waals surface area contributed by atoms with Gasteiger partial charge in [0.25, 0.3) is 0 Å². The van der Waals surface area contributed by atoms with E-state index in [-0.39, 0.29) is 25.7 Å². The Morgan fingerprint density at radius 3 is 2.31 bits per heavy atom. The van der Waals surface area contributed by atoms with E-state index in [1.54, 1.807) is 24.5 Å². The number of halogens is 2. The average molecular weight is 615 g/mol. The molecule has 0 atom stereocenters. The molecule has 0 saturated carbocycles. The molecule has 1 aliphatic rings. The largest absolute Gasteiger partial charge is 0.449 e. The number of fused-ring (bicyclic) bond motifs is 3. The maximum absolute atomic E-state index is 13.0. The van der Waals surface area contributed by atoms with Crippen LogP contribution in [0.15, 0.2) is 107 Å². The zero-order valence-corrected chi connectivity index (χ0v) is 24.6. The second-order valence-corrected chi connectivity index (χ2v) is 11.5. The van der Waals surface area contributed by atoms with Gasteiger partial charge >= 0.3 is 6.09 Å². The Balaban J connectivity index is 1.23. The van der Waals surface area contributed by atoms with Gasteiger partial charge in [-0.25, -0.2) is 14.8 Å². The number of carbonyl (C=O) groups is 1. The number of pyridine rings is 2. The summed E-state index contributed by atoms with van der Waals surface area (Å²) in [5, 5.41) is 14.2. The van der Waals surface area contributed by atoms with Crippen LogP contribution in [0.1, 0.15) is 28.2 Å². The molecule has 0 aliphatic heterocycles. The first-order chi connectivity index (χ1) is 20.5. The van der Waals surface area contributed by atoms with E-state index in [1.807, 2.05) is 48.5 Å². The molecule has 0 fully saturated rings. The van der Waals surface area contributed by atoms with Gasteiger partial charge in [0.2, 0.25) is 0 Å². The zero-order chi connectivity index (χ0) is 29.1. The van der Waals surface area contributed by atoms with Crippen molar-refractivity contribution in [2.45, 2.75) is 29.0 Å². The van der Waals surface area contributed by atoms with Gasteiger partial charge in [0.1, 0.15) is 16.8 Å². The summed E-state index contributed by atoms with van der Waals surface area (Å²) in [6, 6.07) is 27.4. The number of nitrogens with one attached hydrogen (secondary N) is 1. The second-order valence-electron chi connectivity index (χ2n) is 9.72. The highest BCUT2D eigenvalue weighted by Crippen LogP contribution is 2.44. The van der Waals surface area contributed by atoms with Crippen molar-refractivity contribution in [1.82, 2.24) is 15.3 Å². The summed E-state index contributed by atoms with van der Waals surface area (Å²) in [6.07, 6.45) is 2.76. The molecule has 2 N–H and O–H groups in total. The Morgan fingerprint density at radius 1 is 0.857 bits per heavy atom.